The molecule has 0 aromatic carbocycles. The summed E-state index contributed by atoms with van der Waals surface area (Å²) < 4.78 is 5.39. The van der Waals surface area contributed by atoms with Gasteiger partial charge in [-0.05, 0) is 49.4 Å². The summed E-state index contributed by atoms with van der Waals surface area (Å²) in [5.74, 6) is -0.854. The Labute approximate surface area is 237 Å². The van der Waals surface area contributed by atoms with Crippen LogP contribution in [0.3, 0.4) is 0 Å². The van der Waals surface area contributed by atoms with Gasteiger partial charge in [0.15, 0.2) is 0 Å². The second-order valence-electron chi connectivity index (χ2n) is 12.7. The number of carbonyl (C=O) groups is 4. The first-order valence-electron chi connectivity index (χ1n) is 14.9. The molecule has 0 spiro atoms. The summed E-state index contributed by atoms with van der Waals surface area (Å²) in [6, 6.07) is -2.33. The molecule has 2 saturated carbocycles. The summed E-state index contributed by atoms with van der Waals surface area (Å²) in [7, 11) is 0. The normalized spacial score (nSPS) is 24.6. The number of amides is 3. The van der Waals surface area contributed by atoms with Crippen LogP contribution >= 0.6 is 0 Å². The molecule has 10 nitrogen and oxygen atoms in total. The molecule has 1 aromatic rings. The minimum Gasteiger partial charge on any atom is -0.464 e. The van der Waals surface area contributed by atoms with Crippen molar-refractivity contribution in [2.75, 3.05) is 13.2 Å². The van der Waals surface area contributed by atoms with Gasteiger partial charge in [0.1, 0.15) is 23.8 Å². The van der Waals surface area contributed by atoms with Crippen LogP contribution in [0.4, 0.5) is 0 Å². The molecule has 1 unspecified atom stereocenters. The van der Waals surface area contributed by atoms with Gasteiger partial charge in [-0.2, -0.15) is 0 Å². The van der Waals surface area contributed by atoms with E-state index in [1.54, 1.807) is 11.8 Å². The first-order valence-corrected chi connectivity index (χ1v) is 14.9. The van der Waals surface area contributed by atoms with Crippen LogP contribution in [0.15, 0.2) is 18.6 Å². The van der Waals surface area contributed by atoms with Crippen LogP contribution in [0.2, 0.25) is 0 Å². The van der Waals surface area contributed by atoms with E-state index in [-0.39, 0.29) is 36.0 Å². The third kappa shape index (κ3) is 6.99. The second kappa shape index (κ2) is 13.1. The molecule has 40 heavy (non-hydrogen) atoms. The molecule has 2 N–H and O–H groups in total. The predicted octanol–water partition coefficient (Wildman–Crippen LogP) is 3.27. The molecule has 0 radical (unpaired) electrons. The lowest BCUT2D eigenvalue weighted by Crippen LogP contribution is -2.60. The standard InChI is InChI=1S/C30H45N5O5/c1-5-40-29(39)24-21-13-9-12-20(21)18-35(24)28(38)25(30(2,3)4)34-26(36)22(16-19-10-7-6-8-11-19)33-27(37)23-17-31-14-15-32-23/h14-15,17,19-22,24-25H,5-13,16,18H2,1-4H3,(H,33,37)(H,34,36)/t20-,21-,22-,24?,25+/m0/s1. The molecule has 1 aliphatic heterocycles. The lowest BCUT2D eigenvalue weighted by molar-refractivity contribution is -0.156. The molecule has 3 fully saturated rings. The van der Waals surface area contributed by atoms with Crippen LogP contribution < -0.4 is 10.6 Å². The third-order valence-corrected chi connectivity index (χ3v) is 8.81. The zero-order chi connectivity index (χ0) is 28.9. The fourth-order valence-electron chi connectivity index (χ4n) is 6.76. The molecule has 220 valence electrons. The molecule has 10 heteroatoms. The van der Waals surface area contributed by atoms with Crippen LogP contribution in [-0.4, -0.2) is 69.8 Å². The lowest BCUT2D eigenvalue weighted by atomic mass is 9.83. The number of hydrogen-bond donors (Lipinski definition) is 2. The number of rotatable bonds is 9. The first kappa shape index (κ1) is 29.9. The van der Waals surface area contributed by atoms with Crippen molar-refractivity contribution < 1.29 is 23.9 Å². The Balaban J connectivity index is 1.55. The number of ether oxygens (including phenoxy) is 1. The minimum atomic E-state index is -0.877. The molecule has 2 heterocycles. The van der Waals surface area contributed by atoms with Crippen molar-refractivity contribution >= 4 is 23.7 Å². The Kier molecular flexibility index (Phi) is 9.79. The topological polar surface area (TPSA) is 131 Å². The van der Waals surface area contributed by atoms with Crippen molar-refractivity contribution in [1.82, 2.24) is 25.5 Å². The Morgan fingerprint density at radius 3 is 2.42 bits per heavy atom. The second-order valence-corrected chi connectivity index (χ2v) is 12.7. The summed E-state index contributed by atoms with van der Waals surface area (Å²) in [6.45, 7) is 8.22. The van der Waals surface area contributed by atoms with Gasteiger partial charge in [0.2, 0.25) is 11.8 Å². The highest BCUT2D eigenvalue weighted by atomic mass is 16.5. The van der Waals surface area contributed by atoms with E-state index < -0.39 is 35.4 Å². The van der Waals surface area contributed by atoms with Crippen LogP contribution in [-0.2, 0) is 19.1 Å². The number of likely N-dealkylation sites (tertiary alicyclic amines) is 1. The van der Waals surface area contributed by atoms with E-state index in [0.717, 1.165) is 44.9 Å². The van der Waals surface area contributed by atoms with Gasteiger partial charge < -0.3 is 20.3 Å². The van der Waals surface area contributed by atoms with Crippen molar-refractivity contribution in [3.63, 3.8) is 0 Å². The van der Waals surface area contributed by atoms with Crippen LogP contribution in [0, 0.1) is 23.2 Å². The van der Waals surface area contributed by atoms with Crippen LogP contribution in [0.1, 0.15) is 96.0 Å². The average Bonchev–Trinajstić information content (AvgIpc) is 3.53. The van der Waals surface area contributed by atoms with Gasteiger partial charge in [-0.3, -0.25) is 19.4 Å². The Hall–Kier alpha value is -3.04. The maximum Gasteiger partial charge on any atom is 0.329 e. The zero-order valence-electron chi connectivity index (χ0n) is 24.4. The fourth-order valence-corrected chi connectivity index (χ4v) is 6.76. The molecule has 2 aliphatic carbocycles. The molecular weight excluding hydrogens is 510 g/mol. The zero-order valence-corrected chi connectivity index (χ0v) is 24.4. The molecule has 0 bridgehead atoms. The van der Waals surface area contributed by atoms with Crippen molar-refractivity contribution in [3.8, 4) is 0 Å². The van der Waals surface area contributed by atoms with Gasteiger partial charge in [-0.1, -0.05) is 59.3 Å². The van der Waals surface area contributed by atoms with E-state index in [1.807, 2.05) is 20.8 Å². The Morgan fingerprint density at radius 1 is 1.02 bits per heavy atom. The molecule has 3 amide bonds. The third-order valence-electron chi connectivity index (χ3n) is 8.81. The van der Waals surface area contributed by atoms with E-state index in [4.69, 9.17) is 4.74 Å². The van der Waals surface area contributed by atoms with Gasteiger partial charge >= 0.3 is 5.97 Å². The number of esters is 1. The van der Waals surface area contributed by atoms with Gasteiger partial charge in [-0.25, -0.2) is 9.78 Å². The Morgan fingerprint density at radius 2 is 1.77 bits per heavy atom. The number of nitrogens with one attached hydrogen (secondary N) is 2. The molecule has 5 atom stereocenters. The van der Waals surface area contributed by atoms with E-state index in [2.05, 4.69) is 20.6 Å². The first-order chi connectivity index (χ1) is 19.1. The van der Waals surface area contributed by atoms with Gasteiger partial charge in [0.25, 0.3) is 5.91 Å². The SMILES string of the molecule is CCOC(=O)C1[C@H]2CCC[C@H]2CN1C(=O)[C@@H](NC(=O)[C@H](CC1CCCCC1)NC(=O)c1cnccn1)C(C)(C)C. The maximum atomic E-state index is 14.1. The fraction of sp³-hybridized carbons (Fsp3) is 0.733. The monoisotopic (exact) mass is 555 g/mol. The summed E-state index contributed by atoms with van der Waals surface area (Å²) in [4.78, 5) is 63.7. The number of fused-ring (bicyclic) bond motifs is 1. The smallest absolute Gasteiger partial charge is 0.329 e. The average molecular weight is 556 g/mol. The Bertz CT molecular complexity index is 1050. The largest absolute Gasteiger partial charge is 0.464 e. The highest BCUT2D eigenvalue weighted by Crippen LogP contribution is 2.43. The van der Waals surface area contributed by atoms with Gasteiger partial charge in [0.05, 0.1) is 12.8 Å². The van der Waals surface area contributed by atoms with Crippen molar-refractivity contribution in [3.05, 3.63) is 24.3 Å². The summed E-state index contributed by atoms with van der Waals surface area (Å²) in [5.41, 5.74) is -0.498. The summed E-state index contributed by atoms with van der Waals surface area (Å²) in [6.07, 6.45) is 13.1. The van der Waals surface area contributed by atoms with E-state index in [1.165, 1.54) is 25.0 Å². The lowest BCUT2D eigenvalue weighted by Gasteiger charge is -2.37. The molecular formula is C30H45N5O5. The van der Waals surface area contributed by atoms with Crippen LogP contribution in [0.5, 0.6) is 0 Å². The number of nitrogens with zero attached hydrogens (tertiary/aromatic N) is 3. The van der Waals surface area contributed by atoms with Crippen molar-refractivity contribution in [1.29, 1.82) is 0 Å². The van der Waals surface area contributed by atoms with Crippen LogP contribution in [0.25, 0.3) is 0 Å². The highest BCUT2D eigenvalue weighted by Gasteiger charge is 2.52. The highest BCUT2D eigenvalue weighted by molar-refractivity contribution is 5.97. The molecule has 1 saturated heterocycles. The van der Waals surface area contributed by atoms with E-state index >= 15 is 0 Å². The molecule has 4 rings (SSSR count). The van der Waals surface area contributed by atoms with E-state index in [0.29, 0.717) is 18.9 Å². The predicted molar refractivity (Wildman–Crippen MR) is 149 cm³/mol. The van der Waals surface area contributed by atoms with Crippen molar-refractivity contribution in [2.24, 2.45) is 23.2 Å². The number of hydrogen-bond acceptors (Lipinski definition) is 7. The maximum absolute atomic E-state index is 14.1. The van der Waals surface area contributed by atoms with Crippen molar-refractivity contribution in [2.45, 2.75) is 104 Å². The number of carbonyl (C=O) groups excluding carboxylic acids is 4. The van der Waals surface area contributed by atoms with Gasteiger partial charge in [-0.15, -0.1) is 0 Å². The summed E-state index contributed by atoms with van der Waals surface area (Å²) >= 11 is 0. The van der Waals surface area contributed by atoms with Gasteiger partial charge in [0, 0.05) is 18.9 Å². The van der Waals surface area contributed by atoms with E-state index in [9.17, 15) is 19.2 Å². The molecule has 1 aromatic heterocycles. The quantitative estimate of drug-likeness (QED) is 0.447. The summed E-state index contributed by atoms with van der Waals surface area (Å²) in [5, 5.41) is 5.87. The number of aromatic nitrogens is 2. The minimum absolute atomic E-state index is 0.0876. The molecule has 3 aliphatic rings.